The van der Waals surface area contributed by atoms with E-state index >= 15 is 0 Å². The Morgan fingerprint density at radius 2 is 2.17 bits per heavy atom. The Balaban J connectivity index is 1.23. The van der Waals surface area contributed by atoms with Crippen LogP contribution < -0.4 is 10.1 Å². The van der Waals surface area contributed by atoms with Gasteiger partial charge in [-0.3, -0.25) is 4.79 Å². The Kier molecular flexibility index (Phi) is 7.21. The van der Waals surface area contributed by atoms with Crippen LogP contribution in [0.2, 0.25) is 0 Å². The molecule has 0 spiro atoms. The highest BCUT2D eigenvalue weighted by molar-refractivity contribution is 8.77. The van der Waals surface area contributed by atoms with E-state index in [9.17, 15) is 4.79 Å². The van der Waals surface area contributed by atoms with Gasteiger partial charge in [0.1, 0.15) is 12.4 Å². The van der Waals surface area contributed by atoms with Gasteiger partial charge in [0.05, 0.1) is 6.54 Å². The molecular formula is C19H27NO2S2. The van der Waals surface area contributed by atoms with Gasteiger partial charge in [0.25, 0.3) is 0 Å². The summed E-state index contributed by atoms with van der Waals surface area (Å²) in [6.45, 7) is 1.13. The number of rotatable bonds is 9. The molecule has 0 aromatic heterocycles. The van der Waals surface area contributed by atoms with Crippen molar-refractivity contribution >= 4 is 27.5 Å². The van der Waals surface area contributed by atoms with Crippen LogP contribution >= 0.6 is 21.6 Å². The second kappa shape index (κ2) is 9.62. The van der Waals surface area contributed by atoms with Gasteiger partial charge in [-0.05, 0) is 61.8 Å². The molecule has 3 nitrogen and oxygen atoms in total. The van der Waals surface area contributed by atoms with Gasteiger partial charge in [0.15, 0.2) is 0 Å². The molecule has 5 heteroatoms. The van der Waals surface area contributed by atoms with Crippen LogP contribution in [0.1, 0.15) is 49.7 Å². The molecule has 0 radical (unpaired) electrons. The number of carbonyl (C=O) groups is 1. The topological polar surface area (TPSA) is 38.3 Å². The van der Waals surface area contributed by atoms with Crippen molar-refractivity contribution in [3.05, 3.63) is 29.3 Å². The normalized spacial score (nSPS) is 19.2. The first-order valence-corrected chi connectivity index (χ1v) is 11.5. The molecule has 1 saturated heterocycles. The van der Waals surface area contributed by atoms with Crippen molar-refractivity contribution in [1.82, 2.24) is 5.32 Å². The third kappa shape index (κ3) is 5.62. The highest BCUT2D eigenvalue weighted by Gasteiger charge is 2.15. The summed E-state index contributed by atoms with van der Waals surface area (Å²) in [5.74, 6) is 2.37. The number of unbranched alkanes of at least 4 members (excludes halogenated alkanes) is 1. The van der Waals surface area contributed by atoms with Gasteiger partial charge in [-0.25, -0.2) is 0 Å². The Morgan fingerprint density at radius 1 is 1.25 bits per heavy atom. The molecule has 1 unspecified atom stereocenters. The van der Waals surface area contributed by atoms with Crippen molar-refractivity contribution in [3.63, 3.8) is 0 Å². The van der Waals surface area contributed by atoms with Crippen LogP contribution in [0.4, 0.5) is 0 Å². The maximum atomic E-state index is 11.8. The lowest BCUT2D eigenvalue weighted by Crippen LogP contribution is -2.27. The first-order chi connectivity index (χ1) is 11.8. The molecule has 1 N–H and O–H groups in total. The average Bonchev–Trinajstić information content (AvgIpc) is 3.26. The van der Waals surface area contributed by atoms with Gasteiger partial charge in [0, 0.05) is 17.4 Å². The predicted octanol–water partition coefficient (Wildman–Crippen LogP) is 4.38. The number of hydrogen-bond donors (Lipinski definition) is 1. The predicted molar refractivity (Wildman–Crippen MR) is 104 cm³/mol. The fraction of sp³-hybridized carbons (Fsp3) is 0.632. The van der Waals surface area contributed by atoms with Crippen LogP contribution in [-0.4, -0.2) is 30.1 Å². The lowest BCUT2D eigenvalue weighted by Gasteiger charge is -2.10. The fourth-order valence-electron chi connectivity index (χ4n) is 3.31. The summed E-state index contributed by atoms with van der Waals surface area (Å²) in [4.78, 5) is 11.8. The first-order valence-electron chi connectivity index (χ1n) is 9.11. The molecule has 1 aromatic rings. The van der Waals surface area contributed by atoms with Crippen molar-refractivity contribution in [1.29, 1.82) is 0 Å². The van der Waals surface area contributed by atoms with Gasteiger partial charge in [0.2, 0.25) is 5.91 Å². The number of carbonyl (C=O) groups excluding carboxylic acids is 1. The Hall–Kier alpha value is -0.810. The smallest absolute Gasteiger partial charge is 0.220 e. The molecule has 24 heavy (non-hydrogen) atoms. The summed E-state index contributed by atoms with van der Waals surface area (Å²) in [6, 6.07) is 6.38. The molecule has 1 fully saturated rings. The van der Waals surface area contributed by atoms with E-state index in [1.165, 1.54) is 49.0 Å². The van der Waals surface area contributed by atoms with Crippen molar-refractivity contribution in [2.75, 3.05) is 18.9 Å². The number of hydrogen-bond acceptors (Lipinski definition) is 4. The Bertz CT molecular complexity index is 544. The van der Waals surface area contributed by atoms with Crippen molar-refractivity contribution in [2.24, 2.45) is 0 Å². The van der Waals surface area contributed by atoms with Gasteiger partial charge in [-0.15, -0.1) is 0 Å². The van der Waals surface area contributed by atoms with Crippen molar-refractivity contribution in [3.8, 4) is 5.75 Å². The van der Waals surface area contributed by atoms with Crippen LogP contribution in [0.3, 0.4) is 0 Å². The molecule has 0 bridgehead atoms. The first kappa shape index (κ1) is 18.0. The maximum absolute atomic E-state index is 11.8. The summed E-state index contributed by atoms with van der Waals surface area (Å²) in [6.07, 6.45) is 9.02. The molecule has 3 rings (SSSR count). The van der Waals surface area contributed by atoms with Gasteiger partial charge in [-0.1, -0.05) is 34.1 Å². The van der Waals surface area contributed by atoms with Crippen molar-refractivity contribution in [2.45, 2.75) is 56.6 Å². The summed E-state index contributed by atoms with van der Waals surface area (Å²) >= 11 is 0. The quantitative estimate of drug-likeness (QED) is 0.520. The van der Waals surface area contributed by atoms with Crippen LogP contribution in [0.5, 0.6) is 5.75 Å². The van der Waals surface area contributed by atoms with Crippen LogP contribution in [0, 0.1) is 0 Å². The van der Waals surface area contributed by atoms with E-state index in [-0.39, 0.29) is 5.91 Å². The van der Waals surface area contributed by atoms with Gasteiger partial charge in [-0.2, -0.15) is 0 Å². The summed E-state index contributed by atoms with van der Waals surface area (Å²) in [5, 5.41) is 3.78. The van der Waals surface area contributed by atoms with E-state index in [1.54, 1.807) is 0 Å². The van der Waals surface area contributed by atoms with Crippen LogP contribution in [-0.2, 0) is 17.6 Å². The zero-order valence-electron chi connectivity index (χ0n) is 14.2. The lowest BCUT2D eigenvalue weighted by atomic mass is 10.1. The molecule has 2 aliphatic rings. The monoisotopic (exact) mass is 365 g/mol. The minimum Gasteiger partial charge on any atom is -0.492 e. The highest BCUT2D eigenvalue weighted by atomic mass is 33.1. The van der Waals surface area contributed by atoms with Gasteiger partial charge < -0.3 is 10.1 Å². The maximum Gasteiger partial charge on any atom is 0.220 e. The molecule has 1 aromatic carbocycles. The Morgan fingerprint density at radius 3 is 3.04 bits per heavy atom. The molecule has 1 aliphatic carbocycles. The third-order valence-electron chi connectivity index (χ3n) is 4.67. The SMILES string of the molecule is O=C(CCCCC1CCSS1)NCCOc1ccc2c(c1)CCC2. The number of amides is 1. The van der Waals surface area contributed by atoms with E-state index in [2.05, 4.69) is 17.4 Å². The minimum absolute atomic E-state index is 0.154. The van der Waals surface area contributed by atoms with E-state index in [1.807, 2.05) is 27.7 Å². The lowest BCUT2D eigenvalue weighted by molar-refractivity contribution is -0.121. The molecule has 132 valence electrons. The number of ether oxygens (including phenoxy) is 1. The third-order valence-corrected chi connectivity index (χ3v) is 7.68. The summed E-state index contributed by atoms with van der Waals surface area (Å²) < 4.78 is 5.76. The van der Waals surface area contributed by atoms with Crippen LogP contribution in [0.15, 0.2) is 18.2 Å². The summed E-state index contributed by atoms with van der Waals surface area (Å²) in [7, 11) is 4.01. The number of nitrogens with one attached hydrogen (secondary N) is 1. The number of benzene rings is 1. The zero-order valence-corrected chi connectivity index (χ0v) is 15.9. The fourth-order valence-corrected chi connectivity index (χ4v) is 6.34. The van der Waals surface area contributed by atoms with Crippen LogP contribution in [0.25, 0.3) is 0 Å². The Labute approximate surface area is 153 Å². The molecular weight excluding hydrogens is 338 g/mol. The molecule has 1 amide bonds. The standard InChI is InChI=1S/C19H27NO2S2/c21-19(7-2-1-6-18-10-13-23-24-18)20-11-12-22-17-9-8-15-4-3-5-16(15)14-17/h8-9,14,18H,1-7,10-13H2,(H,20,21). The van der Waals surface area contributed by atoms with Crippen molar-refractivity contribution < 1.29 is 9.53 Å². The summed E-state index contributed by atoms with van der Waals surface area (Å²) in [5.41, 5.74) is 2.89. The minimum atomic E-state index is 0.154. The number of aryl methyl sites for hydroxylation is 2. The average molecular weight is 366 g/mol. The second-order valence-corrected chi connectivity index (χ2v) is 9.34. The van der Waals surface area contributed by atoms with Gasteiger partial charge >= 0.3 is 0 Å². The van der Waals surface area contributed by atoms with E-state index in [0.717, 1.165) is 23.8 Å². The van der Waals surface area contributed by atoms with E-state index in [0.29, 0.717) is 19.6 Å². The highest BCUT2D eigenvalue weighted by Crippen LogP contribution is 2.39. The molecule has 1 heterocycles. The number of fused-ring (bicyclic) bond motifs is 1. The van der Waals surface area contributed by atoms with E-state index < -0.39 is 0 Å². The zero-order chi connectivity index (χ0) is 16.6. The molecule has 0 saturated carbocycles. The largest absolute Gasteiger partial charge is 0.492 e. The molecule has 1 aliphatic heterocycles. The molecule has 1 atom stereocenters. The second-order valence-electron chi connectivity index (χ2n) is 6.56. The van der Waals surface area contributed by atoms with E-state index in [4.69, 9.17) is 4.74 Å².